The molecule has 0 aliphatic carbocycles. The molecule has 1 aromatic heterocycles. The Morgan fingerprint density at radius 2 is 2.00 bits per heavy atom. The van der Waals surface area contributed by atoms with Crippen LogP contribution in [-0.2, 0) is 11.8 Å². The van der Waals surface area contributed by atoms with Crippen molar-refractivity contribution >= 4 is 22.7 Å². The summed E-state index contributed by atoms with van der Waals surface area (Å²) < 4.78 is 7.45. The minimum absolute atomic E-state index is 0.104. The van der Waals surface area contributed by atoms with E-state index in [1.807, 2.05) is 44.3 Å². The minimum Gasteiger partial charge on any atom is -0.444 e. The number of piperazine rings is 1. The van der Waals surface area contributed by atoms with Crippen molar-refractivity contribution in [2.24, 2.45) is 7.05 Å². The molecule has 1 aliphatic rings. The Hall–Kier alpha value is -2.24. The average Bonchev–Trinajstić information content (AvgIpc) is 2.79. The lowest BCUT2D eigenvalue weighted by Crippen LogP contribution is -2.55. The fourth-order valence-electron chi connectivity index (χ4n) is 3.41. The van der Waals surface area contributed by atoms with Gasteiger partial charge in [-0.15, -0.1) is 0 Å². The van der Waals surface area contributed by atoms with Gasteiger partial charge in [0.05, 0.1) is 11.2 Å². The van der Waals surface area contributed by atoms with Crippen molar-refractivity contribution in [3.8, 4) is 0 Å². The van der Waals surface area contributed by atoms with Crippen LogP contribution in [0.4, 0.5) is 10.5 Å². The van der Waals surface area contributed by atoms with Crippen LogP contribution in [0.3, 0.4) is 0 Å². The summed E-state index contributed by atoms with van der Waals surface area (Å²) in [6.07, 6.45) is -0.225. The summed E-state index contributed by atoms with van der Waals surface area (Å²) >= 11 is 0. The lowest BCUT2D eigenvalue weighted by molar-refractivity contribution is 0.0159. The maximum Gasteiger partial charge on any atom is 0.410 e. The number of aryl methyl sites for hydroxylation is 2. The first-order chi connectivity index (χ1) is 11.7. The van der Waals surface area contributed by atoms with E-state index in [-0.39, 0.29) is 12.1 Å². The zero-order chi connectivity index (χ0) is 18.4. The van der Waals surface area contributed by atoms with Crippen LogP contribution >= 0.6 is 0 Å². The predicted octanol–water partition coefficient (Wildman–Crippen LogP) is 3.33. The van der Waals surface area contributed by atoms with Crippen LogP contribution in [0.2, 0.25) is 0 Å². The molecule has 1 fully saturated rings. The molecular formula is C19H28N4O2. The molecule has 0 radical (unpaired) electrons. The first-order valence-corrected chi connectivity index (χ1v) is 8.83. The Morgan fingerprint density at radius 3 is 2.64 bits per heavy atom. The van der Waals surface area contributed by atoms with Crippen molar-refractivity contribution in [1.29, 1.82) is 0 Å². The summed E-state index contributed by atoms with van der Waals surface area (Å²) in [6.45, 7) is 12.1. The molecule has 0 N–H and O–H groups in total. The van der Waals surface area contributed by atoms with E-state index >= 15 is 0 Å². The Kier molecular flexibility index (Phi) is 4.39. The Bertz CT molecular complexity index is 791. The molecule has 1 saturated heterocycles. The maximum absolute atomic E-state index is 12.4. The molecule has 2 heterocycles. The van der Waals surface area contributed by atoms with Gasteiger partial charge in [-0.3, -0.25) is 4.68 Å². The van der Waals surface area contributed by atoms with E-state index in [9.17, 15) is 4.79 Å². The van der Waals surface area contributed by atoms with Crippen molar-refractivity contribution in [2.75, 3.05) is 24.5 Å². The first kappa shape index (κ1) is 17.6. The van der Waals surface area contributed by atoms with Gasteiger partial charge in [0.25, 0.3) is 0 Å². The number of ether oxygens (including phenoxy) is 1. The normalized spacial score (nSPS) is 18.7. The van der Waals surface area contributed by atoms with Crippen LogP contribution in [0, 0.1) is 6.92 Å². The lowest BCUT2D eigenvalue weighted by atomic mass is 10.1. The van der Waals surface area contributed by atoms with Crippen molar-refractivity contribution in [1.82, 2.24) is 14.7 Å². The second kappa shape index (κ2) is 6.24. The predicted molar refractivity (Wildman–Crippen MR) is 100 cm³/mol. The molecule has 6 heteroatoms. The molecule has 0 saturated carbocycles. The number of hydrogen-bond donors (Lipinski definition) is 0. The number of benzene rings is 1. The first-order valence-electron chi connectivity index (χ1n) is 8.83. The smallest absolute Gasteiger partial charge is 0.410 e. The third-order valence-corrected chi connectivity index (χ3v) is 4.64. The van der Waals surface area contributed by atoms with E-state index < -0.39 is 5.60 Å². The molecule has 0 bridgehead atoms. The number of aromatic nitrogens is 2. The summed E-state index contributed by atoms with van der Waals surface area (Å²) in [7, 11) is 1.97. The van der Waals surface area contributed by atoms with Gasteiger partial charge >= 0.3 is 6.09 Å². The van der Waals surface area contributed by atoms with Crippen molar-refractivity contribution in [3.63, 3.8) is 0 Å². The molecule has 2 aromatic rings. The van der Waals surface area contributed by atoms with E-state index in [1.54, 1.807) is 0 Å². The van der Waals surface area contributed by atoms with Gasteiger partial charge in [0.1, 0.15) is 5.60 Å². The van der Waals surface area contributed by atoms with Gasteiger partial charge < -0.3 is 14.5 Å². The number of carbonyl (C=O) groups is 1. The highest BCUT2D eigenvalue weighted by atomic mass is 16.6. The molecule has 1 unspecified atom stereocenters. The van der Waals surface area contributed by atoms with Crippen molar-refractivity contribution < 1.29 is 9.53 Å². The van der Waals surface area contributed by atoms with Crippen LogP contribution in [0.25, 0.3) is 10.9 Å². The quantitative estimate of drug-likeness (QED) is 0.796. The molecule has 0 spiro atoms. The van der Waals surface area contributed by atoms with Crippen LogP contribution in [0.1, 0.15) is 33.4 Å². The molecule has 136 valence electrons. The number of nitrogens with zero attached hydrogens (tertiary/aromatic N) is 4. The highest BCUT2D eigenvalue weighted by Crippen LogP contribution is 2.26. The average molecular weight is 344 g/mol. The number of amides is 1. The van der Waals surface area contributed by atoms with Crippen LogP contribution in [0.5, 0.6) is 0 Å². The maximum atomic E-state index is 12.4. The zero-order valence-electron chi connectivity index (χ0n) is 16.0. The minimum atomic E-state index is -0.462. The molecule has 6 nitrogen and oxygen atoms in total. The molecule has 3 rings (SSSR count). The molecule has 1 atom stereocenters. The van der Waals surface area contributed by atoms with E-state index in [0.717, 1.165) is 24.3 Å². The summed E-state index contributed by atoms with van der Waals surface area (Å²) in [5.74, 6) is 0. The summed E-state index contributed by atoms with van der Waals surface area (Å²) in [5, 5.41) is 5.68. The van der Waals surface area contributed by atoms with Gasteiger partial charge in [0.2, 0.25) is 0 Å². The fourth-order valence-corrected chi connectivity index (χ4v) is 3.41. The third kappa shape index (κ3) is 3.57. The SMILES string of the molecule is Cc1nn(C)c2cc(N3CCN(C(=O)OC(C)(C)C)C(C)C3)ccc12. The standard InChI is InChI=1S/C19H28N4O2/c1-13-12-22(9-10-23(13)18(24)25-19(3,4)5)15-7-8-16-14(2)20-21(6)17(16)11-15/h7-8,11,13H,9-10,12H2,1-6H3. The number of fused-ring (bicyclic) bond motifs is 1. The van der Waals surface area contributed by atoms with Crippen LogP contribution < -0.4 is 4.90 Å². The van der Waals surface area contributed by atoms with Gasteiger partial charge in [-0.25, -0.2) is 4.79 Å². The van der Waals surface area contributed by atoms with Crippen molar-refractivity contribution in [2.45, 2.75) is 46.3 Å². The van der Waals surface area contributed by atoms with Crippen LogP contribution in [-0.4, -0.2) is 52.1 Å². The second-order valence-electron chi connectivity index (χ2n) is 7.88. The van der Waals surface area contributed by atoms with Crippen LogP contribution in [0.15, 0.2) is 18.2 Å². The Balaban J connectivity index is 1.75. The second-order valence-corrected chi connectivity index (χ2v) is 7.88. The summed E-state index contributed by atoms with van der Waals surface area (Å²) in [6, 6.07) is 6.57. The largest absolute Gasteiger partial charge is 0.444 e. The van der Waals surface area contributed by atoms with E-state index in [1.165, 1.54) is 11.1 Å². The van der Waals surface area contributed by atoms with Gasteiger partial charge in [-0.2, -0.15) is 5.10 Å². The molecule has 25 heavy (non-hydrogen) atoms. The fraction of sp³-hybridized carbons (Fsp3) is 0.579. The Morgan fingerprint density at radius 1 is 1.28 bits per heavy atom. The number of anilines is 1. The van der Waals surface area contributed by atoms with E-state index in [2.05, 4.69) is 35.1 Å². The zero-order valence-corrected chi connectivity index (χ0v) is 16.0. The van der Waals surface area contributed by atoms with E-state index in [0.29, 0.717) is 6.54 Å². The number of carbonyl (C=O) groups excluding carboxylic acids is 1. The summed E-state index contributed by atoms with van der Waals surface area (Å²) in [4.78, 5) is 16.5. The van der Waals surface area contributed by atoms with Crippen molar-refractivity contribution in [3.05, 3.63) is 23.9 Å². The lowest BCUT2D eigenvalue weighted by Gasteiger charge is -2.41. The van der Waals surface area contributed by atoms with Gasteiger partial charge in [-0.1, -0.05) is 0 Å². The molecule has 1 aliphatic heterocycles. The highest BCUT2D eigenvalue weighted by Gasteiger charge is 2.31. The number of rotatable bonds is 1. The van der Waals surface area contributed by atoms with Gasteiger partial charge in [-0.05, 0) is 52.8 Å². The third-order valence-electron chi connectivity index (χ3n) is 4.64. The van der Waals surface area contributed by atoms with Gasteiger partial charge in [0, 0.05) is 43.8 Å². The summed E-state index contributed by atoms with van der Waals surface area (Å²) in [5.41, 5.74) is 2.90. The molecule has 1 amide bonds. The Labute approximate surface area is 149 Å². The number of hydrogen-bond acceptors (Lipinski definition) is 4. The highest BCUT2D eigenvalue weighted by molar-refractivity contribution is 5.85. The van der Waals surface area contributed by atoms with E-state index in [4.69, 9.17) is 4.74 Å². The topological polar surface area (TPSA) is 50.6 Å². The molecular weight excluding hydrogens is 316 g/mol. The van der Waals surface area contributed by atoms with Gasteiger partial charge in [0.15, 0.2) is 0 Å². The monoisotopic (exact) mass is 344 g/mol. The molecule has 1 aromatic carbocycles.